The zero-order valence-corrected chi connectivity index (χ0v) is 14.5. The fraction of sp³-hybridized carbons (Fsp3) is 0.500. The molecule has 1 aliphatic rings. The van der Waals surface area contributed by atoms with Gasteiger partial charge in [-0.05, 0) is 29.1 Å². The molecule has 2 atom stereocenters. The SMILES string of the molecule is COc1ccc([C@H](N=[N+]=[N-])C(=O)N2C(=O)OC[C@@H]2C(C)C)cc1OC. The average Bonchev–Trinajstić information content (AvgIpc) is 3.00. The smallest absolute Gasteiger partial charge is 0.417 e. The van der Waals surface area contributed by atoms with Crippen LogP contribution in [0.4, 0.5) is 4.79 Å². The first-order valence-corrected chi connectivity index (χ1v) is 7.70. The number of imide groups is 1. The largest absolute Gasteiger partial charge is 0.493 e. The van der Waals surface area contributed by atoms with Gasteiger partial charge in [0, 0.05) is 4.91 Å². The molecule has 1 aromatic rings. The standard InChI is InChI=1S/C16H20N4O5/c1-9(2)11-8-25-16(22)20(11)15(21)14(18-19-17)10-5-6-12(23-3)13(7-10)24-4/h5-7,9,11,14H,8H2,1-4H3/t11-,14+/m1/s1. The van der Waals surface area contributed by atoms with Gasteiger partial charge in [-0.15, -0.1) is 0 Å². The monoisotopic (exact) mass is 348 g/mol. The number of carbonyl (C=O) groups excluding carboxylic acids is 2. The molecular formula is C16H20N4O5. The van der Waals surface area contributed by atoms with Crippen molar-refractivity contribution in [1.82, 2.24) is 4.90 Å². The predicted molar refractivity (Wildman–Crippen MR) is 88.3 cm³/mol. The number of hydrogen-bond donors (Lipinski definition) is 0. The van der Waals surface area contributed by atoms with Crippen LogP contribution in [0, 0.1) is 5.92 Å². The summed E-state index contributed by atoms with van der Waals surface area (Å²) >= 11 is 0. The van der Waals surface area contributed by atoms with Crippen molar-refractivity contribution in [3.8, 4) is 11.5 Å². The maximum absolute atomic E-state index is 12.9. The quantitative estimate of drug-likeness (QED) is 0.445. The highest BCUT2D eigenvalue weighted by Crippen LogP contribution is 2.33. The Morgan fingerprint density at radius 2 is 2.04 bits per heavy atom. The van der Waals surface area contributed by atoms with E-state index < -0.39 is 24.1 Å². The molecule has 9 nitrogen and oxygen atoms in total. The summed E-state index contributed by atoms with van der Waals surface area (Å²) in [5.41, 5.74) is 9.26. The number of rotatable bonds is 6. The van der Waals surface area contributed by atoms with Crippen molar-refractivity contribution in [3.05, 3.63) is 34.2 Å². The number of ether oxygens (including phenoxy) is 3. The number of benzene rings is 1. The first-order valence-electron chi connectivity index (χ1n) is 7.70. The van der Waals surface area contributed by atoms with Crippen LogP contribution in [0.1, 0.15) is 25.5 Å². The average molecular weight is 348 g/mol. The number of cyclic esters (lactones) is 1. The lowest BCUT2D eigenvalue weighted by Crippen LogP contribution is -2.43. The third-order valence-electron chi connectivity index (χ3n) is 4.04. The van der Waals surface area contributed by atoms with E-state index in [1.165, 1.54) is 14.2 Å². The minimum absolute atomic E-state index is 0.00696. The Kier molecular flexibility index (Phi) is 5.71. The summed E-state index contributed by atoms with van der Waals surface area (Å²) in [4.78, 5) is 28.7. The van der Waals surface area contributed by atoms with E-state index >= 15 is 0 Å². The Hall–Kier alpha value is -2.93. The van der Waals surface area contributed by atoms with Crippen molar-refractivity contribution < 1.29 is 23.8 Å². The second-order valence-corrected chi connectivity index (χ2v) is 5.82. The topological polar surface area (TPSA) is 114 Å². The Labute approximate surface area is 145 Å². The Morgan fingerprint density at radius 1 is 1.36 bits per heavy atom. The van der Waals surface area contributed by atoms with E-state index in [1.807, 2.05) is 13.8 Å². The summed E-state index contributed by atoms with van der Waals surface area (Å²) in [6, 6.07) is 3.11. The number of hydrogen-bond acceptors (Lipinski definition) is 6. The van der Waals surface area contributed by atoms with Crippen LogP contribution in [0.25, 0.3) is 10.4 Å². The molecule has 0 unspecified atom stereocenters. The van der Waals surface area contributed by atoms with E-state index in [2.05, 4.69) is 10.0 Å². The normalized spacial score (nSPS) is 17.7. The molecule has 0 aliphatic carbocycles. The van der Waals surface area contributed by atoms with Crippen LogP contribution in [0.2, 0.25) is 0 Å². The highest BCUT2D eigenvalue weighted by Gasteiger charge is 2.42. The summed E-state index contributed by atoms with van der Waals surface area (Å²) in [5, 5.41) is 3.58. The molecule has 1 heterocycles. The van der Waals surface area contributed by atoms with Crippen molar-refractivity contribution in [1.29, 1.82) is 0 Å². The van der Waals surface area contributed by atoms with Crippen molar-refractivity contribution in [2.75, 3.05) is 20.8 Å². The van der Waals surface area contributed by atoms with Crippen LogP contribution in [0.3, 0.4) is 0 Å². The molecule has 0 saturated carbocycles. The number of methoxy groups -OCH3 is 2. The highest BCUT2D eigenvalue weighted by molar-refractivity contribution is 5.97. The molecule has 2 amide bonds. The zero-order chi connectivity index (χ0) is 18.6. The fourth-order valence-corrected chi connectivity index (χ4v) is 2.65. The molecule has 1 saturated heterocycles. The molecule has 134 valence electrons. The first kappa shape index (κ1) is 18.4. The molecule has 0 bridgehead atoms. The van der Waals surface area contributed by atoms with E-state index in [0.29, 0.717) is 17.1 Å². The van der Waals surface area contributed by atoms with Crippen molar-refractivity contribution in [2.45, 2.75) is 25.9 Å². The second kappa shape index (κ2) is 7.76. The van der Waals surface area contributed by atoms with Gasteiger partial charge in [0.05, 0.1) is 20.3 Å². The van der Waals surface area contributed by atoms with Crippen LogP contribution in [-0.2, 0) is 9.53 Å². The molecule has 0 N–H and O–H groups in total. The van der Waals surface area contributed by atoms with Gasteiger partial charge in [-0.3, -0.25) is 4.79 Å². The van der Waals surface area contributed by atoms with Crippen LogP contribution in [-0.4, -0.2) is 43.8 Å². The summed E-state index contributed by atoms with van der Waals surface area (Å²) in [7, 11) is 2.94. The number of azide groups is 1. The summed E-state index contributed by atoms with van der Waals surface area (Å²) < 4.78 is 15.4. The minimum Gasteiger partial charge on any atom is -0.493 e. The molecule has 0 radical (unpaired) electrons. The maximum Gasteiger partial charge on any atom is 0.417 e. The van der Waals surface area contributed by atoms with Gasteiger partial charge >= 0.3 is 6.09 Å². The summed E-state index contributed by atoms with van der Waals surface area (Å²) in [5.74, 6) is 0.230. The molecule has 1 aromatic carbocycles. The number of carbonyl (C=O) groups is 2. The number of nitrogens with zero attached hydrogens (tertiary/aromatic N) is 4. The molecule has 2 rings (SSSR count). The molecule has 1 aliphatic heterocycles. The third kappa shape index (κ3) is 3.61. The van der Waals surface area contributed by atoms with Crippen LogP contribution >= 0.6 is 0 Å². The van der Waals surface area contributed by atoms with Gasteiger partial charge in [0.2, 0.25) is 5.91 Å². The van der Waals surface area contributed by atoms with Crippen LogP contribution < -0.4 is 9.47 Å². The van der Waals surface area contributed by atoms with E-state index in [-0.39, 0.29) is 12.5 Å². The van der Waals surface area contributed by atoms with Crippen LogP contribution in [0.5, 0.6) is 11.5 Å². The highest BCUT2D eigenvalue weighted by atomic mass is 16.6. The fourth-order valence-electron chi connectivity index (χ4n) is 2.65. The van der Waals surface area contributed by atoms with Gasteiger partial charge in [-0.2, -0.15) is 0 Å². The van der Waals surface area contributed by atoms with E-state index in [9.17, 15) is 9.59 Å². The zero-order valence-electron chi connectivity index (χ0n) is 14.5. The van der Waals surface area contributed by atoms with E-state index in [1.54, 1.807) is 18.2 Å². The summed E-state index contributed by atoms with van der Waals surface area (Å²) in [6.07, 6.45) is -0.734. The van der Waals surface area contributed by atoms with Gasteiger partial charge in [-0.25, -0.2) is 9.69 Å². The molecular weight excluding hydrogens is 328 g/mol. The third-order valence-corrected chi connectivity index (χ3v) is 4.04. The Balaban J connectivity index is 2.42. The summed E-state index contributed by atoms with van der Waals surface area (Å²) in [6.45, 7) is 3.88. The van der Waals surface area contributed by atoms with Gasteiger partial charge in [0.15, 0.2) is 11.5 Å². The van der Waals surface area contributed by atoms with E-state index in [4.69, 9.17) is 19.7 Å². The minimum atomic E-state index is -1.21. The molecule has 25 heavy (non-hydrogen) atoms. The Bertz CT molecular complexity index is 714. The Morgan fingerprint density at radius 3 is 2.60 bits per heavy atom. The molecule has 1 fully saturated rings. The first-order chi connectivity index (χ1) is 11.9. The van der Waals surface area contributed by atoms with Gasteiger partial charge < -0.3 is 14.2 Å². The maximum atomic E-state index is 12.9. The van der Waals surface area contributed by atoms with Crippen molar-refractivity contribution in [2.24, 2.45) is 11.0 Å². The molecule has 9 heteroatoms. The van der Waals surface area contributed by atoms with Crippen molar-refractivity contribution >= 4 is 12.0 Å². The molecule has 0 aromatic heterocycles. The number of amides is 2. The van der Waals surface area contributed by atoms with Gasteiger partial charge in [-0.1, -0.05) is 25.0 Å². The lowest BCUT2D eigenvalue weighted by Gasteiger charge is -2.25. The van der Waals surface area contributed by atoms with Gasteiger partial charge in [0.25, 0.3) is 0 Å². The lowest BCUT2D eigenvalue weighted by molar-refractivity contribution is -0.131. The van der Waals surface area contributed by atoms with Crippen molar-refractivity contribution in [3.63, 3.8) is 0 Å². The second-order valence-electron chi connectivity index (χ2n) is 5.82. The predicted octanol–water partition coefficient (Wildman–Crippen LogP) is 3.06. The van der Waals surface area contributed by atoms with Crippen LogP contribution in [0.15, 0.2) is 23.3 Å². The van der Waals surface area contributed by atoms with E-state index in [0.717, 1.165) is 4.90 Å². The molecule has 0 spiro atoms. The lowest BCUT2D eigenvalue weighted by atomic mass is 10.0. The van der Waals surface area contributed by atoms with Gasteiger partial charge in [0.1, 0.15) is 12.6 Å².